The van der Waals surface area contributed by atoms with Crippen LogP contribution in [0.5, 0.6) is 0 Å². The van der Waals surface area contributed by atoms with E-state index >= 15 is 0 Å². The first-order chi connectivity index (χ1) is 12.6. The Kier molecular flexibility index (Phi) is 5.88. The fourth-order valence-corrected chi connectivity index (χ4v) is 4.37. The molecule has 1 fully saturated rings. The third-order valence-corrected chi connectivity index (χ3v) is 5.79. The largest absolute Gasteiger partial charge is 0.342 e. The second kappa shape index (κ2) is 8.31. The van der Waals surface area contributed by atoms with Crippen LogP contribution in [0.25, 0.3) is 0 Å². The van der Waals surface area contributed by atoms with Crippen LogP contribution in [0.1, 0.15) is 22.8 Å². The van der Waals surface area contributed by atoms with Crippen molar-refractivity contribution >= 4 is 23.4 Å². The van der Waals surface area contributed by atoms with Gasteiger partial charge in [0.25, 0.3) is 5.69 Å². The molecule has 1 aliphatic heterocycles. The Morgan fingerprint density at radius 2 is 1.92 bits per heavy atom. The summed E-state index contributed by atoms with van der Waals surface area (Å²) < 4.78 is 14.0. The Hall–Kier alpha value is -2.41. The summed E-state index contributed by atoms with van der Waals surface area (Å²) in [6.07, 6.45) is 0.667. The lowest BCUT2D eigenvalue weighted by molar-refractivity contribution is -0.385. The number of nitrogens with zero attached hydrogens (tertiary/aromatic N) is 2. The molecule has 1 unspecified atom stereocenters. The molecule has 0 N–H and O–H groups in total. The number of para-hydroxylation sites is 1. The minimum atomic E-state index is -0.463. The molecule has 7 heteroatoms. The van der Waals surface area contributed by atoms with Gasteiger partial charge in [-0.15, -0.1) is 0 Å². The van der Waals surface area contributed by atoms with Gasteiger partial charge in [0.15, 0.2) is 0 Å². The van der Waals surface area contributed by atoms with E-state index in [2.05, 4.69) is 0 Å². The van der Waals surface area contributed by atoms with Crippen LogP contribution >= 0.6 is 11.8 Å². The van der Waals surface area contributed by atoms with Gasteiger partial charge in [-0.1, -0.05) is 36.4 Å². The van der Waals surface area contributed by atoms with E-state index in [1.165, 1.54) is 12.1 Å². The molecule has 26 heavy (non-hydrogen) atoms. The highest BCUT2D eigenvalue weighted by atomic mass is 32.2. The Labute approximate surface area is 155 Å². The van der Waals surface area contributed by atoms with Crippen molar-refractivity contribution in [1.29, 1.82) is 0 Å². The maximum atomic E-state index is 14.0. The van der Waals surface area contributed by atoms with E-state index in [1.54, 1.807) is 47.0 Å². The molecule has 0 aromatic heterocycles. The van der Waals surface area contributed by atoms with Crippen LogP contribution in [-0.2, 0) is 11.2 Å². The lowest BCUT2D eigenvalue weighted by Crippen LogP contribution is -2.34. The molecule has 3 rings (SSSR count). The molecule has 1 saturated heterocycles. The quantitative estimate of drug-likeness (QED) is 0.600. The zero-order valence-electron chi connectivity index (χ0n) is 14.1. The van der Waals surface area contributed by atoms with Gasteiger partial charge in [-0.25, -0.2) is 4.39 Å². The van der Waals surface area contributed by atoms with E-state index in [4.69, 9.17) is 0 Å². The van der Waals surface area contributed by atoms with Crippen LogP contribution in [0.2, 0.25) is 0 Å². The third-order valence-electron chi connectivity index (χ3n) is 4.48. The van der Waals surface area contributed by atoms with Crippen molar-refractivity contribution in [1.82, 2.24) is 4.90 Å². The van der Waals surface area contributed by atoms with Gasteiger partial charge < -0.3 is 4.90 Å². The molecule has 1 amide bonds. The van der Waals surface area contributed by atoms with E-state index in [9.17, 15) is 19.3 Å². The zero-order chi connectivity index (χ0) is 18.5. The fraction of sp³-hybridized carbons (Fsp3) is 0.316. The van der Waals surface area contributed by atoms with Crippen molar-refractivity contribution in [2.75, 3.05) is 18.8 Å². The van der Waals surface area contributed by atoms with Crippen molar-refractivity contribution < 1.29 is 14.1 Å². The molecule has 0 bridgehead atoms. The number of halogens is 1. The monoisotopic (exact) mass is 374 g/mol. The Morgan fingerprint density at radius 3 is 2.69 bits per heavy atom. The highest BCUT2D eigenvalue weighted by molar-refractivity contribution is 7.99. The Balaban J connectivity index is 1.67. The van der Waals surface area contributed by atoms with Gasteiger partial charge in [-0.05, 0) is 12.5 Å². The van der Waals surface area contributed by atoms with Crippen LogP contribution in [-0.4, -0.2) is 34.6 Å². The van der Waals surface area contributed by atoms with Crippen LogP contribution in [0.3, 0.4) is 0 Å². The van der Waals surface area contributed by atoms with E-state index in [-0.39, 0.29) is 29.1 Å². The van der Waals surface area contributed by atoms with E-state index < -0.39 is 4.92 Å². The lowest BCUT2D eigenvalue weighted by atomic mass is 10.1. The maximum absolute atomic E-state index is 14.0. The predicted octanol–water partition coefficient (Wildman–Crippen LogP) is 3.98. The summed E-state index contributed by atoms with van der Waals surface area (Å²) >= 11 is 1.64. The topological polar surface area (TPSA) is 63.4 Å². The molecule has 0 spiro atoms. The molecule has 1 heterocycles. The maximum Gasteiger partial charge on any atom is 0.273 e. The molecule has 5 nitrogen and oxygen atoms in total. The van der Waals surface area contributed by atoms with Gasteiger partial charge in [0.1, 0.15) is 5.82 Å². The summed E-state index contributed by atoms with van der Waals surface area (Å²) in [6.45, 7) is 1.08. The highest BCUT2D eigenvalue weighted by Gasteiger charge is 2.25. The third kappa shape index (κ3) is 4.22. The second-order valence-corrected chi connectivity index (χ2v) is 7.42. The normalized spacial score (nSPS) is 17.6. The van der Waals surface area contributed by atoms with Gasteiger partial charge in [-0.3, -0.25) is 14.9 Å². The van der Waals surface area contributed by atoms with Gasteiger partial charge in [0, 0.05) is 41.3 Å². The van der Waals surface area contributed by atoms with Crippen molar-refractivity contribution in [3.63, 3.8) is 0 Å². The Bertz CT molecular complexity index is 815. The average Bonchev–Trinajstić information content (AvgIpc) is 2.88. The van der Waals surface area contributed by atoms with Crippen molar-refractivity contribution in [2.24, 2.45) is 0 Å². The number of carbonyl (C=O) groups excluding carboxylic acids is 1. The van der Waals surface area contributed by atoms with Crippen LogP contribution < -0.4 is 0 Å². The number of benzene rings is 2. The Morgan fingerprint density at radius 1 is 1.19 bits per heavy atom. The molecular formula is C19H19FN2O3S. The first-order valence-electron chi connectivity index (χ1n) is 8.42. The fourth-order valence-electron chi connectivity index (χ4n) is 3.12. The first kappa shape index (κ1) is 18.4. The summed E-state index contributed by atoms with van der Waals surface area (Å²) in [7, 11) is 0. The lowest BCUT2D eigenvalue weighted by Gasteiger charge is -2.20. The van der Waals surface area contributed by atoms with Crippen LogP contribution in [0.15, 0.2) is 48.5 Å². The molecular weight excluding hydrogens is 355 g/mol. The van der Waals surface area contributed by atoms with Gasteiger partial charge in [0.2, 0.25) is 5.91 Å². The minimum Gasteiger partial charge on any atom is -0.342 e. The molecule has 0 aliphatic carbocycles. The first-order valence-corrected chi connectivity index (χ1v) is 9.47. The summed E-state index contributed by atoms with van der Waals surface area (Å²) in [6, 6.07) is 13.1. The van der Waals surface area contributed by atoms with E-state index in [1.807, 2.05) is 6.07 Å². The molecule has 2 aromatic rings. The number of nitro groups is 1. The summed E-state index contributed by atoms with van der Waals surface area (Å²) in [5, 5.41) is 11.1. The molecule has 2 aromatic carbocycles. The predicted molar refractivity (Wildman–Crippen MR) is 99.6 cm³/mol. The zero-order valence-corrected chi connectivity index (χ0v) is 15.0. The van der Waals surface area contributed by atoms with Gasteiger partial charge in [-0.2, -0.15) is 11.8 Å². The summed E-state index contributed by atoms with van der Waals surface area (Å²) in [5.74, 6) is 0.362. The van der Waals surface area contributed by atoms with E-state index in [0.29, 0.717) is 36.4 Å². The van der Waals surface area contributed by atoms with Gasteiger partial charge in [0.05, 0.1) is 11.3 Å². The van der Waals surface area contributed by atoms with Crippen LogP contribution in [0.4, 0.5) is 10.1 Å². The van der Waals surface area contributed by atoms with Crippen LogP contribution in [0, 0.1) is 15.9 Å². The molecule has 0 radical (unpaired) electrons. The number of nitro benzene ring substituents is 1. The van der Waals surface area contributed by atoms with Gasteiger partial charge >= 0.3 is 0 Å². The standard InChI is InChI=1S/C19H19FN2O3S/c20-16-7-3-2-6-15(16)18-9-10-21(11-12-26-18)19(23)13-14-5-1-4-8-17(14)22(24)25/h1-8,18H,9-13H2. The van der Waals surface area contributed by atoms with Crippen molar-refractivity contribution in [2.45, 2.75) is 18.1 Å². The number of rotatable bonds is 4. The second-order valence-electron chi connectivity index (χ2n) is 6.11. The number of thioether (sulfide) groups is 1. The van der Waals surface area contributed by atoms with E-state index in [0.717, 1.165) is 0 Å². The smallest absolute Gasteiger partial charge is 0.273 e. The molecule has 1 atom stereocenters. The number of hydrogen-bond donors (Lipinski definition) is 0. The summed E-state index contributed by atoms with van der Waals surface area (Å²) in [4.78, 5) is 25.0. The number of amides is 1. The van der Waals surface area contributed by atoms with Crippen molar-refractivity contribution in [3.05, 3.63) is 75.6 Å². The molecule has 0 saturated carbocycles. The molecule has 136 valence electrons. The van der Waals surface area contributed by atoms with Crippen molar-refractivity contribution in [3.8, 4) is 0 Å². The highest BCUT2D eigenvalue weighted by Crippen LogP contribution is 2.35. The summed E-state index contributed by atoms with van der Waals surface area (Å²) in [5.41, 5.74) is 1.06. The molecule has 1 aliphatic rings. The minimum absolute atomic E-state index is 0.00614. The number of carbonyl (C=O) groups is 1. The average molecular weight is 374 g/mol. The number of hydrogen-bond acceptors (Lipinski definition) is 4. The SMILES string of the molecule is O=C(Cc1ccccc1[N+](=O)[O-])N1CCSC(c2ccccc2F)CC1.